The minimum atomic E-state index is 0. The Kier molecular flexibility index (Phi) is 3.07. The van der Waals surface area contributed by atoms with E-state index in [2.05, 4.69) is 9.87 Å². The summed E-state index contributed by atoms with van der Waals surface area (Å²) in [6.45, 7) is 0. The highest BCUT2D eigenvalue weighted by Crippen LogP contribution is 2.00. The van der Waals surface area contributed by atoms with Gasteiger partial charge in [-0.2, -0.15) is 0 Å². The van der Waals surface area contributed by atoms with E-state index in [1.54, 1.807) is 18.3 Å². The van der Waals surface area contributed by atoms with E-state index in [4.69, 9.17) is 5.26 Å². The molecule has 0 fully saturated rings. The van der Waals surface area contributed by atoms with Gasteiger partial charge in [-0.05, 0) is 6.07 Å². The molecule has 0 aromatic carbocycles. The SMILES string of the molecule is Cl.OOc1ccc[nH]1. The lowest BCUT2D eigenvalue weighted by atomic mass is 10.7. The summed E-state index contributed by atoms with van der Waals surface area (Å²) in [5, 5.41) is 7.90. The zero-order valence-electron chi connectivity index (χ0n) is 4.00. The molecule has 2 N–H and O–H groups in total. The summed E-state index contributed by atoms with van der Waals surface area (Å²) in [4.78, 5) is 6.41. The minimum absolute atomic E-state index is 0. The van der Waals surface area contributed by atoms with Crippen LogP contribution in [0.4, 0.5) is 0 Å². The molecule has 1 heterocycles. The van der Waals surface area contributed by atoms with Crippen LogP contribution in [0.1, 0.15) is 0 Å². The van der Waals surface area contributed by atoms with Gasteiger partial charge in [-0.3, -0.25) is 0 Å². The highest BCUT2D eigenvalue weighted by atomic mass is 35.5. The van der Waals surface area contributed by atoms with Crippen molar-refractivity contribution in [1.29, 1.82) is 0 Å². The van der Waals surface area contributed by atoms with Crippen LogP contribution in [-0.4, -0.2) is 10.2 Å². The van der Waals surface area contributed by atoms with Crippen molar-refractivity contribution < 1.29 is 10.1 Å². The number of hydrogen-bond acceptors (Lipinski definition) is 2. The fourth-order valence-corrected chi connectivity index (χ4v) is 0.371. The Morgan fingerprint density at radius 2 is 2.38 bits per heavy atom. The summed E-state index contributed by atoms with van der Waals surface area (Å²) < 4.78 is 0. The maximum absolute atomic E-state index is 7.90. The Balaban J connectivity index is 0.000000490. The Morgan fingerprint density at radius 3 is 2.62 bits per heavy atom. The highest BCUT2D eigenvalue weighted by molar-refractivity contribution is 5.85. The molecule has 1 aromatic rings. The number of halogens is 1. The topological polar surface area (TPSA) is 45.2 Å². The van der Waals surface area contributed by atoms with Gasteiger partial charge in [0.1, 0.15) is 0 Å². The molecule has 8 heavy (non-hydrogen) atoms. The quantitative estimate of drug-likeness (QED) is 0.450. The van der Waals surface area contributed by atoms with Crippen LogP contribution in [0.3, 0.4) is 0 Å². The van der Waals surface area contributed by atoms with Gasteiger partial charge in [0.25, 0.3) is 0 Å². The molecule has 0 spiro atoms. The normalized spacial score (nSPS) is 7.62. The average molecular weight is 136 g/mol. The molecule has 0 aliphatic rings. The van der Waals surface area contributed by atoms with Crippen molar-refractivity contribution in [2.45, 2.75) is 0 Å². The lowest BCUT2D eigenvalue weighted by Crippen LogP contribution is -1.80. The summed E-state index contributed by atoms with van der Waals surface area (Å²) in [5.74, 6) is 0.361. The lowest BCUT2D eigenvalue weighted by Gasteiger charge is -1.83. The second-order valence-corrected chi connectivity index (χ2v) is 1.13. The fourth-order valence-electron chi connectivity index (χ4n) is 0.371. The van der Waals surface area contributed by atoms with Gasteiger partial charge < -0.3 is 9.87 Å². The second kappa shape index (κ2) is 3.35. The van der Waals surface area contributed by atoms with Gasteiger partial charge in [-0.15, -0.1) is 12.4 Å². The molecule has 0 saturated heterocycles. The molecule has 0 aliphatic carbocycles. The van der Waals surface area contributed by atoms with Gasteiger partial charge in [0, 0.05) is 12.3 Å². The summed E-state index contributed by atoms with van der Waals surface area (Å²) >= 11 is 0. The third-order valence-electron chi connectivity index (χ3n) is 0.668. The van der Waals surface area contributed by atoms with Gasteiger partial charge >= 0.3 is 0 Å². The molecule has 0 radical (unpaired) electrons. The third-order valence-corrected chi connectivity index (χ3v) is 0.668. The lowest BCUT2D eigenvalue weighted by molar-refractivity contribution is -0.141. The monoisotopic (exact) mass is 135 g/mol. The zero-order chi connectivity index (χ0) is 5.11. The van der Waals surface area contributed by atoms with Crippen LogP contribution in [0, 0.1) is 0 Å². The predicted molar refractivity (Wildman–Crippen MR) is 31.3 cm³/mol. The van der Waals surface area contributed by atoms with Crippen LogP contribution in [-0.2, 0) is 0 Å². The number of H-pyrrole nitrogens is 1. The van der Waals surface area contributed by atoms with Crippen LogP contribution in [0.2, 0.25) is 0 Å². The first kappa shape index (κ1) is 7.33. The molecule has 0 aliphatic heterocycles. The number of nitrogens with one attached hydrogen (secondary N) is 1. The van der Waals surface area contributed by atoms with E-state index in [1.165, 1.54) is 0 Å². The number of hydrogen-bond donors (Lipinski definition) is 2. The van der Waals surface area contributed by atoms with Gasteiger partial charge in [0.15, 0.2) is 0 Å². The van der Waals surface area contributed by atoms with E-state index < -0.39 is 0 Å². The highest BCUT2D eigenvalue weighted by Gasteiger charge is 1.84. The standard InChI is InChI=1S/C4H5NO2.ClH/c6-7-4-2-1-3-5-4;/h1-3,5-6H;1H. The molecule has 1 aromatic heterocycles. The largest absolute Gasteiger partial charge is 0.330 e. The van der Waals surface area contributed by atoms with Crippen LogP contribution in [0.15, 0.2) is 18.3 Å². The summed E-state index contributed by atoms with van der Waals surface area (Å²) in [5.41, 5.74) is 0. The zero-order valence-corrected chi connectivity index (χ0v) is 4.81. The minimum Gasteiger partial charge on any atom is -0.330 e. The van der Waals surface area contributed by atoms with Gasteiger partial charge in [-0.25, -0.2) is 5.26 Å². The first-order valence-electron chi connectivity index (χ1n) is 1.88. The molecule has 0 amide bonds. The Hall–Kier alpha value is -0.670. The first-order chi connectivity index (χ1) is 3.43. The van der Waals surface area contributed by atoms with Crippen molar-refractivity contribution in [1.82, 2.24) is 4.98 Å². The molecule has 0 unspecified atom stereocenters. The van der Waals surface area contributed by atoms with Crippen molar-refractivity contribution in [3.05, 3.63) is 18.3 Å². The van der Waals surface area contributed by atoms with Gasteiger partial charge in [-0.1, -0.05) is 0 Å². The summed E-state index contributed by atoms with van der Waals surface area (Å²) in [7, 11) is 0. The van der Waals surface area contributed by atoms with Crippen LogP contribution in [0.25, 0.3) is 0 Å². The Morgan fingerprint density at radius 1 is 1.62 bits per heavy atom. The van der Waals surface area contributed by atoms with Crippen molar-refractivity contribution in [2.24, 2.45) is 0 Å². The van der Waals surface area contributed by atoms with E-state index in [1.807, 2.05) is 0 Å². The van der Waals surface area contributed by atoms with E-state index in [0.29, 0.717) is 5.88 Å². The summed E-state index contributed by atoms with van der Waals surface area (Å²) in [6, 6.07) is 3.34. The molecule has 46 valence electrons. The molecular weight excluding hydrogens is 130 g/mol. The van der Waals surface area contributed by atoms with Crippen molar-refractivity contribution >= 4 is 12.4 Å². The van der Waals surface area contributed by atoms with E-state index in [-0.39, 0.29) is 12.4 Å². The number of rotatable bonds is 1. The Labute approximate surface area is 52.6 Å². The van der Waals surface area contributed by atoms with E-state index >= 15 is 0 Å². The van der Waals surface area contributed by atoms with Crippen molar-refractivity contribution in [3.63, 3.8) is 0 Å². The molecule has 0 atom stereocenters. The van der Waals surface area contributed by atoms with Crippen LogP contribution in [0.5, 0.6) is 5.88 Å². The van der Waals surface area contributed by atoms with Gasteiger partial charge in [0.2, 0.25) is 5.88 Å². The molecule has 0 bridgehead atoms. The molecule has 4 heteroatoms. The number of aromatic nitrogens is 1. The second-order valence-electron chi connectivity index (χ2n) is 1.13. The molecule has 1 rings (SSSR count). The first-order valence-corrected chi connectivity index (χ1v) is 1.88. The van der Waals surface area contributed by atoms with Crippen molar-refractivity contribution in [2.75, 3.05) is 0 Å². The fraction of sp³-hybridized carbons (Fsp3) is 0. The maximum atomic E-state index is 7.90. The predicted octanol–water partition coefficient (Wildman–Crippen LogP) is 1.29. The molecule has 0 saturated carbocycles. The Bertz CT molecular complexity index is 129. The average Bonchev–Trinajstić information content (AvgIpc) is 2.14. The summed E-state index contributed by atoms with van der Waals surface area (Å²) in [6.07, 6.45) is 1.66. The maximum Gasteiger partial charge on any atom is 0.234 e. The number of aromatic amines is 1. The molecular formula is C4H6ClNO2. The third kappa shape index (κ3) is 1.44. The van der Waals surface area contributed by atoms with Crippen LogP contribution < -0.4 is 4.89 Å². The van der Waals surface area contributed by atoms with Crippen LogP contribution >= 0.6 is 12.4 Å². The van der Waals surface area contributed by atoms with Crippen molar-refractivity contribution in [3.8, 4) is 5.88 Å². The van der Waals surface area contributed by atoms with E-state index in [9.17, 15) is 0 Å². The smallest absolute Gasteiger partial charge is 0.234 e. The molecule has 3 nitrogen and oxygen atoms in total. The van der Waals surface area contributed by atoms with Gasteiger partial charge in [0.05, 0.1) is 0 Å². The van der Waals surface area contributed by atoms with E-state index in [0.717, 1.165) is 0 Å².